The molecule has 0 fully saturated rings. The molecule has 0 spiro atoms. The highest BCUT2D eigenvalue weighted by atomic mass is 14.2. The summed E-state index contributed by atoms with van der Waals surface area (Å²) in [7, 11) is 0. The highest BCUT2D eigenvalue weighted by Crippen LogP contribution is 2.30. The monoisotopic (exact) mass is 243 g/mol. The number of hydrogen-bond acceptors (Lipinski definition) is 0. The first kappa shape index (κ1) is 11.6. The summed E-state index contributed by atoms with van der Waals surface area (Å²) in [5.74, 6) is 1.28. The van der Waals surface area contributed by atoms with Gasteiger partial charge in [-0.1, -0.05) is 114 Å². The van der Waals surface area contributed by atoms with Gasteiger partial charge in [0.05, 0.1) is 0 Å². The van der Waals surface area contributed by atoms with E-state index in [0.717, 1.165) is 0 Å². The molecule has 0 heterocycles. The van der Waals surface area contributed by atoms with E-state index >= 15 is 0 Å². The molecule has 0 heteroatoms. The lowest BCUT2D eigenvalue weighted by Gasteiger charge is -2.24. The molecular weight excluding hydrogens is 228 g/mol. The molecule has 0 atom stereocenters. The van der Waals surface area contributed by atoms with Gasteiger partial charge in [0.1, 0.15) is 0 Å². The lowest BCUT2D eigenvalue weighted by atomic mass is 9.85. The van der Waals surface area contributed by atoms with Crippen LogP contribution in [-0.4, -0.2) is 0 Å². The third kappa shape index (κ3) is 2.53. The second-order valence-electron chi connectivity index (χ2n) is 4.47. The van der Waals surface area contributed by atoms with Crippen LogP contribution in [-0.2, 0) is 0 Å². The molecule has 0 N–H and O–H groups in total. The minimum atomic E-state index is 1.25. The summed E-state index contributed by atoms with van der Waals surface area (Å²) in [6.07, 6.45) is 0. The fourth-order valence-corrected chi connectivity index (χ4v) is 2.31. The summed E-state index contributed by atoms with van der Waals surface area (Å²) in [5.41, 5.74) is 3.75. The second kappa shape index (κ2) is 5.45. The van der Waals surface area contributed by atoms with Gasteiger partial charge in [-0.25, -0.2) is 0 Å². The zero-order valence-electron chi connectivity index (χ0n) is 10.7. The molecule has 92 valence electrons. The van der Waals surface area contributed by atoms with Gasteiger partial charge >= 0.3 is 0 Å². The zero-order chi connectivity index (χ0) is 12.9. The Morgan fingerprint density at radius 2 is 0.632 bits per heavy atom. The normalized spacial score (nSPS) is 10.1. The standard InChI is InChI=1S/C19H15/c1-4-10-16(11-5-1)19(17-12-6-2-7-13-17)18-14-8-3-9-15-18/h1-15H/q-1. The van der Waals surface area contributed by atoms with E-state index in [1.807, 2.05) is 0 Å². The third-order valence-corrected chi connectivity index (χ3v) is 3.19. The number of benzene rings is 3. The van der Waals surface area contributed by atoms with Crippen LogP contribution in [0.1, 0.15) is 16.7 Å². The fraction of sp³-hybridized carbons (Fsp3) is 0. The first-order valence-electron chi connectivity index (χ1n) is 6.48. The average Bonchev–Trinajstić information content (AvgIpc) is 2.51. The Hall–Kier alpha value is -2.47. The fourth-order valence-electron chi connectivity index (χ4n) is 2.31. The maximum atomic E-state index is 2.16. The van der Waals surface area contributed by atoms with Crippen molar-refractivity contribution in [1.82, 2.24) is 0 Å². The van der Waals surface area contributed by atoms with Gasteiger partial charge in [0.2, 0.25) is 0 Å². The van der Waals surface area contributed by atoms with E-state index in [2.05, 4.69) is 91.0 Å². The smallest absolute Gasteiger partial charge is 0.0710 e. The maximum Gasteiger partial charge on any atom is -0.0710 e. The molecule has 0 amide bonds. The van der Waals surface area contributed by atoms with E-state index in [1.54, 1.807) is 0 Å². The average molecular weight is 243 g/mol. The predicted octanol–water partition coefficient (Wildman–Crippen LogP) is 4.71. The second-order valence-corrected chi connectivity index (χ2v) is 4.47. The van der Waals surface area contributed by atoms with Crippen LogP contribution in [0.25, 0.3) is 0 Å². The van der Waals surface area contributed by atoms with Crippen molar-refractivity contribution in [1.29, 1.82) is 0 Å². The summed E-state index contributed by atoms with van der Waals surface area (Å²) in [4.78, 5) is 0. The van der Waals surface area contributed by atoms with Gasteiger partial charge in [-0.2, -0.15) is 0 Å². The minimum absolute atomic E-state index is 1.25. The third-order valence-electron chi connectivity index (χ3n) is 3.19. The molecule has 0 aliphatic heterocycles. The molecule has 3 aromatic rings. The van der Waals surface area contributed by atoms with E-state index in [1.165, 1.54) is 22.6 Å². The lowest BCUT2D eigenvalue weighted by Crippen LogP contribution is -2.03. The van der Waals surface area contributed by atoms with Crippen molar-refractivity contribution in [2.75, 3.05) is 0 Å². The zero-order valence-corrected chi connectivity index (χ0v) is 10.7. The summed E-state index contributed by atoms with van der Waals surface area (Å²) in [6, 6.07) is 31.6. The quantitative estimate of drug-likeness (QED) is 0.462. The Bertz CT molecular complexity index is 518. The van der Waals surface area contributed by atoms with E-state index < -0.39 is 0 Å². The number of hydrogen-bond donors (Lipinski definition) is 0. The lowest BCUT2D eigenvalue weighted by molar-refractivity contribution is 1.23. The van der Waals surface area contributed by atoms with Gasteiger partial charge in [0, 0.05) is 0 Å². The van der Waals surface area contributed by atoms with Crippen molar-refractivity contribution in [2.45, 2.75) is 0 Å². The Morgan fingerprint density at radius 1 is 0.368 bits per heavy atom. The molecule has 0 saturated heterocycles. The van der Waals surface area contributed by atoms with E-state index in [0.29, 0.717) is 0 Å². The predicted molar refractivity (Wildman–Crippen MR) is 79.9 cm³/mol. The van der Waals surface area contributed by atoms with Crippen molar-refractivity contribution in [2.24, 2.45) is 0 Å². The van der Waals surface area contributed by atoms with Crippen molar-refractivity contribution in [3.8, 4) is 0 Å². The van der Waals surface area contributed by atoms with Gasteiger partial charge in [-0.15, -0.1) is 0 Å². The van der Waals surface area contributed by atoms with Crippen molar-refractivity contribution < 1.29 is 0 Å². The topological polar surface area (TPSA) is 0 Å². The molecule has 0 radical (unpaired) electrons. The van der Waals surface area contributed by atoms with Crippen molar-refractivity contribution in [3.63, 3.8) is 0 Å². The molecule has 0 aliphatic rings. The number of rotatable bonds is 3. The van der Waals surface area contributed by atoms with E-state index in [-0.39, 0.29) is 0 Å². The van der Waals surface area contributed by atoms with Crippen LogP contribution in [0.4, 0.5) is 0 Å². The largest absolute Gasteiger partial charge is 0.0999 e. The van der Waals surface area contributed by atoms with Crippen LogP contribution >= 0.6 is 0 Å². The van der Waals surface area contributed by atoms with Crippen LogP contribution < -0.4 is 0 Å². The minimum Gasteiger partial charge on any atom is -0.0999 e. The van der Waals surface area contributed by atoms with Gasteiger partial charge in [0.25, 0.3) is 0 Å². The Morgan fingerprint density at radius 3 is 0.895 bits per heavy atom. The SMILES string of the molecule is c1ccc([C-](c2ccccc2)c2ccccc2)cc1. The van der Waals surface area contributed by atoms with Crippen LogP contribution in [0.15, 0.2) is 91.0 Å². The highest BCUT2D eigenvalue weighted by molar-refractivity contribution is 5.56. The van der Waals surface area contributed by atoms with E-state index in [9.17, 15) is 0 Å². The maximum absolute atomic E-state index is 2.16. The first-order valence-corrected chi connectivity index (χ1v) is 6.48. The van der Waals surface area contributed by atoms with Gasteiger partial charge in [-0.3, -0.25) is 0 Å². The van der Waals surface area contributed by atoms with Crippen LogP contribution in [0.3, 0.4) is 0 Å². The van der Waals surface area contributed by atoms with Crippen molar-refractivity contribution >= 4 is 0 Å². The van der Waals surface area contributed by atoms with E-state index in [4.69, 9.17) is 0 Å². The molecule has 0 aliphatic carbocycles. The van der Waals surface area contributed by atoms with Gasteiger partial charge < -0.3 is 0 Å². The molecule has 19 heavy (non-hydrogen) atoms. The van der Waals surface area contributed by atoms with Gasteiger partial charge in [0.15, 0.2) is 0 Å². The Labute approximate surface area is 114 Å². The first-order chi connectivity index (χ1) is 9.45. The molecule has 0 nitrogen and oxygen atoms in total. The molecule has 3 rings (SSSR count). The highest BCUT2D eigenvalue weighted by Gasteiger charge is 2.08. The molecule has 3 aromatic carbocycles. The summed E-state index contributed by atoms with van der Waals surface area (Å²) >= 11 is 0. The summed E-state index contributed by atoms with van der Waals surface area (Å²) in [6.45, 7) is 0. The van der Waals surface area contributed by atoms with Crippen LogP contribution in [0, 0.1) is 5.92 Å². The molecule has 0 bridgehead atoms. The molecule has 0 aromatic heterocycles. The summed E-state index contributed by atoms with van der Waals surface area (Å²) < 4.78 is 0. The van der Waals surface area contributed by atoms with Crippen LogP contribution in [0.5, 0.6) is 0 Å². The Balaban J connectivity index is 2.12. The van der Waals surface area contributed by atoms with Gasteiger partial charge in [-0.05, 0) is 0 Å². The van der Waals surface area contributed by atoms with Crippen LogP contribution in [0.2, 0.25) is 0 Å². The summed E-state index contributed by atoms with van der Waals surface area (Å²) in [5, 5.41) is 0. The molecule has 0 saturated carbocycles. The molecule has 0 unspecified atom stereocenters. The molecular formula is C19H15-. The Kier molecular flexibility index (Phi) is 3.33. The van der Waals surface area contributed by atoms with Crippen molar-refractivity contribution in [3.05, 3.63) is 114 Å².